The van der Waals surface area contributed by atoms with Gasteiger partial charge in [0.25, 0.3) is 11.2 Å². The predicted octanol–water partition coefficient (Wildman–Crippen LogP) is 4.08. The first-order valence-corrected chi connectivity index (χ1v) is 9.03. The molecular formula is C17H14ClN3O5S. The Morgan fingerprint density at radius 3 is 2.74 bits per heavy atom. The molecule has 1 aromatic carbocycles. The van der Waals surface area contributed by atoms with Crippen LogP contribution in [0.2, 0.25) is 5.02 Å². The summed E-state index contributed by atoms with van der Waals surface area (Å²) >= 11 is 7.33. The smallest absolute Gasteiger partial charge is 0.340 e. The SMILES string of the molecule is Cc1sc2nc([C@@H](C)OC(=O)c3ccc([N+](=O)[O-])cc3Cl)[nH]c(=O)c2c1C. The minimum Gasteiger partial charge on any atom is -0.451 e. The van der Waals surface area contributed by atoms with Crippen molar-refractivity contribution >= 4 is 44.8 Å². The second-order valence-electron chi connectivity index (χ2n) is 5.88. The quantitative estimate of drug-likeness (QED) is 0.395. The van der Waals surface area contributed by atoms with Crippen LogP contribution in [0.4, 0.5) is 5.69 Å². The number of nitro benzene ring substituents is 1. The number of H-pyrrole nitrogens is 1. The predicted molar refractivity (Wildman–Crippen MR) is 102 cm³/mol. The van der Waals surface area contributed by atoms with Gasteiger partial charge in [-0.2, -0.15) is 0 Å². The molecule has 1 N–H and O–H groups in total. The molecule has 0 spiro atoms. The highest BCUT2D eigenvalue weighted by atomic mass is 35.5. The van der Waals surface area contributed by atoms with Gasteiger partial charge in [-0.1, -0.05) is 11.6 Å². The number of thiophene rings is 1. The molecule has 0 amide bonds. The number of carbonyl (C=O) groups excluding carboxylic acids is 1. The molecule has 3 rings (SSSR count). The number of non-ortho nitro benzene ring substituents is 1. The first kappa shape index (κ1) is 19.0. The van der Waals surface area contributed by atoms with E-state index in [1.54, 1.807) is 6.92 Å². The molecule has 0 bridgehead atoms. The van der Waals surface area contributed by atoms with Gasteiger partial charge in [0.2, 0.25) is 0 Å². The van der Waals surface area contributed by atoms with Crippen molar-refractivity contribution in [3.63, 3.8) is 0 Å². The van der Waals surface area contributed by atoms with Crippen molar-refractivity contribution in [1.29, 1.82) is 0 Å². The van der Waals surface area contributed by atoms with Crippen molar-refractivity contribution in [2.75, 3.05) is 0 Å². The highest BCUT2D eigenvalue weighted by molar-refractivity contribution is 7.18. The first-order chi connectivity index (χ1) is 12.7. The summed E-state index contributed by atoms with van der Waals surface area (Å²) in [5.41, 5.74) is 0.329. The minimum atomic E-state index is -0.844. The van der Waals surface area contributed by atoms with Crippen LogP contribution in [0.15, 0.2) is 23.0 Å². The summed E-state index contributed by atoms with van der Waals surface area (Å²) in [5.74, 6) is -0.566. The molecule has 2 heterocycles. The number of rotatable bonds is 4. The summed E-state index contributed by atoms with van der Waals surface area (Å²) in [7, 11) is 0. The Morgan fingerprint density at radius 1 is 1.41 bits per heavy atom. The van der Waals surface area contributed by atoms with Gasteiger partial charge in [-0.25, -0.2) is 9.78 Å². The molecule has 0 unspecified atom stereocenters. The van der Waals surface area contributed by atoms with Crippen molar-refractivity contribution in [1.82, 2.24) is 9.97 Å². The second-order valence-corrected chi connectivity index (χ2v) is 7.49. The third kappa shape index (κ3) is 3.56. The molecular weight excluding hydrogens is 394 g/mol. The van der Waals surface area contributed by atoms with Gasteiger partial charge >= 0.3 is 5.97 Å². The molecule has 0 aliphatic rings. The molecule has 1 atom stereocenters. The molecule has 2 aromatic heterocycles. The fourth-order valence-electron chi connectivity index (χ4n) is 2.53. The fourth-order valence-corrected chi connectivity index (χ4v) is 3.82. The number of ether oxygens (including phenoxy) is 1. The van der Waals surface area contributed by atoms with Crippen LogP contribution in [0.3, 0.4) is 0 Å². The molecule has 8 nitrogen and oxygen atoms in total. The number of aromatic amines is 1. The number of esters is 1. The van der Waals surface area contributed by atoms with E-state index in [9.17, 15) is 19.7 Å². The van der Waals surface area contributed by atoms with Gasteiger partial charge in [0.15, 0.2) is 11.9 Å². The average molecular weight is 408 g/mol. The van der Waals surface area contributed by atoms with Gasteiger partial charge in [0.05, 0.1) is 20.9 Å². The minimum absolute atomic E-state index is 0.0136. The maximum Gasteiger partial charge on any atom is 0.340 e. The molecule has 0 saturated heterocycles. The lowest BCUT2D eigenvalue weighted by Gasteiger charge is -2.13. The lowest BCUT2D eigenvalue weighted by Crippen LogP contribution is -2.17. The van der Waals surface area contributed by atoms with E-state index in [0.717, 1.165) is 22.6 Å². The molecule has 0 aliphatic heterocycles. The van der Waals surface area contributed by atoms with Crippen LogP contribution in [0, 0.1) is 24.0 Å². The van der Waals surface area contributed by atoms with Gasteiger partial charge in [-0.3, -0.25) is 14.9 Å². The lowest BCUT2D eigenvalue weighted by molar-refractivity contribution is -0.384. The number of aryl methyl sites for hydroxylation is 2. The highest BCUT2D eigenvalue weighted by Gasteiger charge is 2.21. The van der Waals surface area contributed by atoms with E-state index in [1.807, 2.05) is 13.8 Å². The van der Waals surface area contributed by atoms with Gasteiger partial charge < -0.3 is 9.72 Å². The van der Waals surface area contributed by atoms with Crippen molar-refractivity contribution < 1.29 is 14.5 Å². The van der Waals surface area contributed by atoms with Crippen LogP contribution in [0.5, 0.6) is 0 Å². The van der Waals surface area contributed by atoms with Crippen molar-refractivity contribution in [3.8, 4) is 0 Å². The summed E-state index contributed by atoms with van der Waals surface area (Å²) < 4.78 is 5.32. The number of aromatic nitrogens is 2. The van der Waals surface area contributed by atoms with E-state index < -0.39 is 17.0 Å². The van der Waals surface area contributed by atoms with E-state index in [4.69, 9.17) is 16.3 Å². The molecule has 10 heteroatoms. The van der Waals surface area contributed by atoms with Gasteiger partial charge in [-0.15, -0.1) is 11.3 Å². The third-order valence-electron chi connectivity index (χ3n) is 4.11. The summed E-state index contributed by atoms with van der Waals surface area (Å²) in [5, 5.41) is 11.2. The standard InChI is InChI=1S/C17H14ClN3O5S/c1-7-9(3)27-16-13(7)15(22)19-14(20-16)8(2)26-17(23)11-5-4-10(21(24)25)6-12(11)18/h4-6,8H,1-3H3,(H,19,20,22)/t8-/m1/s1. The zero-order chi connectivity index (χ0) is 19.9. The van der Waals surface area contributed by atoms with Gasteiger partial charge in [-0.05, 0) is 32.4 Å². The molecule has 0 radical (unpaired) electrons. The third-order valence-corrected chi connectivity index (χ3v) is 5.52. The summed E-state index contributed by atoms with van der Waals surface area (Å²) in [6.07, 6.45) is -0.844. The number of hydrogen-bond acceptors (Lipinski definition) is 7. The molecule has 0 fully saturated rings. The van der Waals surface area contributed by atoms with Crippen LogP contribution in [-0.4, -0.2) is 20.9 Å². The normalized spacial score (nSPS) is 12.1. The number of halogens is 1. The molecule has 0 aliphatic carbocycles. The highest BCUT2D eigenvalue weighted by Crippen LogP contribution is 2.28. The Hall–Kier alpha value is -2.78. The van der Waals surface area contributed by atoms with Crippen molar-refractivity contribution in [2.45, 2.75) is 26.9 Å². The summed E-state index contributed by atoms with van der Waals surface area (Å²) in [6.45, 7) is 5.32. The Bertz CT molecular complexity index is 1140. The Kier molecular flexibility index (Phi) is 4.99. The zero-order valence-corrected chi connectivity index (χ0v) is 16.1. The van der Waals surface area contributed by atoms with Gasteiger partial charge in [0.1, 0.15) is 4.83 Å². The monoisotopic (exact) mass is 407 g/mol. The lowest BCUT2D eigenvalue weighted by atomic mass is 10.2. The number of hydrogen-bond donors (Lipinski definition) is 1. The zero-order valence-electron chi connectivity index (χ0n) is 14.5. The van der Waals surface area contributed by atoms with Crippen LogP contribution < -0.4 is 5.56 Å². The Labute approximate surface area is 161 Å². The maximum absolute atomic E-state index is 12.3. The van der Waals surface area contributed by atoms with E-state index >= 15 is 0 Å². The summed E-state index contributed by atoms with van der Waals surface area (Å²) in [6, 6.07) is 3.46. The van der Waals surface area contributed by atoms with Crippen molar-refractivity contribution in [3.05, 3.63) is 65.5 Å². The Balaban J connectivity index is 1.88. The number of benzene rings is 1. The average Bonchev–Trinajstić information content (AvgIpc) is 2.89. The van der Waals surface area contributed by atoms with E-state index in [1.165, 1.54) is 17.4 Å². The van der Waals surface area contributed by atoms with E-state index in [0.29, 0.717) is 10.2 Å². The number of nitrogens with zero attached hydrogens (tertiary/aromatic N) is 2. The number of nitro groups is 1. The topological polar surface area (TPSA) is 115 Å². The van der Waals surface area contributed by atoms with E-state index in [2.05, 4.69) is 9.97 Å². The van der Waals surface area contributed by atoms with Crippen LogP contribution in [0.25, 0.3) is 10.2 Å². The van der Waals surface area contributed by atoms with Crippen LogP contribution >= 0.6 is 22.9 Å². The van der Waals surface area contributed by atoms with Crippen LogP contribution in [0.1, 0.15) is 39.7 Å². The molecule has 3 aromatic rings. The van der Waals surface area contributed by atoms with Crippen LogP contribution in [-0.2, 0) is 4.74 Å². The van der Waals surface area contributed by atoms with Gasteiger partial charge in [0, 0.05) is 17.0 Å². The molecule has 0 saturated carbocycles. The first-order valence-electron chi connectivity index (χ1n) is 7.84. The maximum atomic E-state index is 12.3. The Morgan fingerprint density at radius 2 is 2.11 bits per heavy atom. The fraction of sp³-hybridized carbons (Fsp3) is 0.235. The largest absolute Gasteiger partial charge is 0.451 e. The number of fused-ring (bicyclic) bond motifs is 1. The molecule has 27 heavy (non-hydrogen) atoms. The summed E-state index contributed by atoms with van der Waals surface area (Å²) in [4.78, 5) is 43.4. The van der Waals surface area contributed by atoms with Crippen molar-refractivity contribution in [2.24, 2.45) is 0 Å². The number of nitrogens with one attached hydrogen (secondary N) is 1. The second kappa shape index (κ2) is 7.09. The molecule has 140 valence electrons. The van der Waals surface area contributed by atoms with E-state index in [-0.39, 0.29) is 27.7 Å². The number of carbonyl (C=O) groups is 1.